The summed E-state index contributed by atoms with van der Waals surface area (Å²) in [4.78, 5) is 39.4. The number of ether oxygens (including phenoxy) is 2. The summed E-state index contributed by atoms with van der Waals surface area (Å²) in [5, 5.41) is 16.9. The zero-order valence-corrected chi connectivity index (χ0v) is 21.7. The number of benzene rings is 2. The van der Waals surface area contributed by atoms with E-state index in [-0.39, 0.29) is 29.6 Å². The van der Waals surface area contributed by atoms with E-state index in [1.807, 2.05) is 17.5 Å². The van der Waals surface area contributed by atoms with Crippen molar-refractivity contribution in [3.05, 3.63) is 115 Å². The number of nitro groups is 1. The average Bonchev–Trinajstić information content (AvgIpc) is 3.46. The minimum atomic E-state index is -0.772. The van der Waals surface area contributed by atoms with Gasteiger partial charge in [0.25, 0.3) is 5.69 Å². The van der Waals surface area contributed by atoms with Crippen LogP contribution in [0.3, 0.4) is 0 Å². The van der Waals surface area contributed by atoms with Gasteiger partial charge < -0.3 is 14.8 Å². The molecule has 0 radical (unpaired) electrons. The van der Waals surface area contributed by atoms with Crippen LogP contribution in [0.2, 0.25) is 0 Å². The molecule has 194 valence electrons. The highest BCUT2D eigenvalue weighted by Gasteiger charge is 2.42. The van der Waals surface area contributed by atoms with Crippen molar-refractivity contribution in [2.75, 3.05) is 7.11 Å². The van der Waals surface area contributed by atoms with E-state index in [4.69, 9.17) is 9.47 Å². The molecule has 0 saturated carbocycles. The molecule has 0 bridgehead atoms. The molecule has 1 aliphatic carbocycles. The van der Waals surface area contributed by atoms with E-state index < -0.39 is 16.8 Å². The van der Waals surface area contributed by atoms with Gasteiger partial charge in [-0.1, -0.05) is 30.3 Å². The number of hydrogen-bond donors (Lipinski definition) is 1. The molecule has 0 spiro atoms. The van der Waals surface area contributed by atoms with Gasteiger partial charge in [-0.3, -0.25) is 14.9 Å². The molecule has 1 aromatic heterocycles. The molecular formula is C29H26N2O6S. The predicted molar refractivity (Wildman–Crippen MR) is 143 cm³/mol. The van der Waals surface area contributed by atoms with Crippen LogP contribution in [0.1, 0.15) is 47.6 Å². The molecular weight excluding hydrogens is 504 g/mol. The summed E-state index contributed by atoms with van der Waals surface area (Å²) in [7, 11) is 1.58. The number of carbonyl (C=O) groups excluding carboxylic acids is 2. The molecule has 2 aromatic carbocycles. The van der Waals surface area contributed by atoms with E-state index in [2.05, 4.69) is 5.32 Å². The van der Waals surface area contributed by atoms with Crippen molar-refractivity contribution in [2.24, 2.45) is 0 Å². The van der Waals surface area contributed by atoms with E-state index in [0.717, 1.165) is 16.1 Å². The second-order valence-electron chi connectivity index (χ2n) is 9.31. The van der Waals surface area contributed by atoms with Crippen LogP contribution < -0.4 is 10.1 Å². The molecule has 38 heavy (non-hydrogen) atoms. The number of nitrogens with zero attached hydrogens (tertiary/aromatic N) is 1. The van der Waals surface area contributed by atoms with Crippen molar-refractivity contribution in [2.45, 2.75) is 38.2 Å². The molecule has 2 aliphatic rings. The number of carbonyl (C=O) groups is 2. The maximum atomic E-state index is 13.6. The number of methoxy groups -OCH3 is 1. The molecule has 3 aromatic rings. The van der Waals surface area contributed by atoms with Crippen LogP contribution in [0.25, 0.3) is 0 Å². The SMILES string of the molecule is COc1ccc(COC(=O)C2=C(C)NC3=C(C(=O)CC(c4cccs4)C3)C2c2cccc([N+](=O)[O-])c2)cc1. The average molecular weight is 531 g/mol. The Balaban J connectivity index is 1.51. The van der Waals surface area contributed by atoms with E-state index >= 15 is 0 Å². The van der Waals surface area contributed by atoms with E-state index in [1.165, 1.54) is 12.1 Å². The van der Waals surface area contributed by atoms with Crippen molar-refractivity contribution in [3.63, 3.8) is 0 Å². The van der Waals surface area contributed by atoms with Crippen LogP contribution in [0.5, 0.6) is 5.75 Å². The van der Waals surface area contributed by atoms with Gasteiger partial charge in [0.15, 0.2) is 5.78 Å². The molecule has 0 fully saturated rings. The van der Waals surface area contributed by atoms with Gasteiger partial charge >= 0.3 is 5.97 Å². The molecule has 5 rings (SSSR count). The summed E-state index contributed by atoms with van der Waals surface area (Å²) in [5.74, 6) is -0.706. The first-order chi connectivity index (χ1) is 18.4. The van der Waals surface area contributed by atoms with Crippen molar-refractivity contribution in [1.29, 1.82) is 0 Å². The Kier molecular flexibility index (Phi) is 7.11. The molecule has 2 atom stereocenters. The zero-order valence-electron chi connectivity index (χ0n) is 20.9. The van der Waals surface area contributed by atoms with E-state index in [0.29, 0.717) is 35.4 Å². The number of nitrogens with one attached hydrogen (secondary N) is 1. The summed E-state index contributed by atoms with van der Waals surface area (Å²) in [6.07, 6.45) is 0.915. The third-order valence-electron chi connectivity index (χ3n) is 6.94. The molecule has 0 amide bonds. The van der Waals surface area contributed by atoms with Crippen molar-refractivity contribution in [1.82, 2.24) is 5.32 Å². The van der Waals surface area contributed by atoms with Gasteiger partial charge in [-0.2, -0.15) is 0 Å². The minimum absolute atomic E-state index is 0.0293. The lowest BCUT2D eigenvalue weighted by Gasteiger charge is -2.36. The molecule has 1 N–H and O–H groups in total. The molecule has 0 saturated heterocycles. The summed E-state index contributed by atoms with van der Waals surface area (Å²) in [5.41, 5.74) is 3.25. The second kappa shape index (κ2) is 10.6. The van der Waals surface area contributed by atoms with Crippen LogP contribution in [0, 0.1) is 10.1 Å². The van der Waals surface area contributed by atoms with Crippen molar-refractivity contribution < 1.29 is 24.0 Å². The Bertz CT molecular complexity index is 1460. The Morgan fingerprint density at radius 1 is 1.13 bits per heavy atom. The monoisotopic (exact) mass is 530 g/mol. The first-order valence-electron chi connectivity index (χ1n) is 12.2. The largest absolute Gasteiger partial charge is 0.497 e. The summed E-state index contributed by atoms with van der Waals surface area (Å²) < 4.78 is 10.9. The fraction of sp³-hybridized carbons (Fsp3) is 0.241. The number of thiophene rings is 1. The molecule has 1 aliphatic heterocycles. The third kappa shape index (κ3) is 4.97. The van der Waals surface area contributed by atoms with E-state index in [9.17, 15) is 19.7 Å². The highest BCUT2D eigenvalue weighted by Crippen LogP contribution is 2.46. The lowest BCUT2D eigenvalue weighted by molar-refractivity contribution is -0.384. The van der Waals surface area contributed by atoms with Crippen molar-refractivity contribution >= 4 is 28.8 Å². The lowest BCUT2D eigenvalue weighted by Crippen LogP contribution is -2.36. The fourth-order valence-electron chi connectivity index (χ4n) is 5.13. The summed E-state index contributed by atoms with van der Waals surface area (Å²) in [6, 6.07) is 17.3. The first kappa shape index (κ1) is 25.4. The predicted octanol–water partition coefficient (Wildman–Crippen LogP) is 5.77. The van der Waals surface area contributed by atoms with Crippen LogP contribution in [-0.4, -0.2) is 23.8 Å². The molecule has 2 heterocycles. The topological polar surface area (TPSA) is 108 Å². The summed E-state index contributed by atoms with van der Waals surface area (Å²) in [6.45, 7) is 1.80. The Morgan fingerprint density at radius 2 is 1.92 bits per heavy atom. The van der Waals surface area contributed by atoms with Crippen LogP contribution in [-0.2, 0) is 20.9 Å². The smallest absolute Gasteiger partial charge is 0.337 e. The second-order valence-corrected chi connectivity index (χ2v) is 10.3. The van der Waals surface area contributed by atoms with Crippen LogP contribution >= 0.6 is 11.3 Å². The Hall–Kier alpha value is -4.24. The van der Waals surface area contributed by atoms with Gasteiger partial charge in [-0.05, 0) is 48.1 Å². The number of nitro benzene ring substituents is 1. The van der Waals surface area contributed by atoms with Gasteiger partial charge in [0.1, 0.15) is 12.4 Å². The number of non-ortho nitro benzene ring substituents is 1. The van der Waals surface area contributed by atoms with E-state index in [1.54, 1.807) is 61.8 Å². The number of ketones is 1. The van der Waals surface area contributed by atoms with Gasteiger partial charge in [-0.25, -0.2) is 4.79 Å². The van der Waals surface area contributed by atoms with Crippen LogP contribution in [0.15, 0.2) is 88.6 Å². The zero-order chi connectivity index (χ0) is 26.8. The van der Waals surface area contributed by atoms with Crippen LogP contribution in [0.4, 0.5) is 5.69 Å². The van der Waals surface area contributed by atoms with Gasteiger partial charge in [-0.15, -0.1) is 11.3 Å². The highest BCUT2D eigenvalue weighted by molar-refractivity contribution is 7.10. The fourth-order valence-corrected chi connectivity index (χ4v) is 5.96. The number of hydrogen-bond acceptors (Lipinski definition) is 8. The molecule has 2 unspecified atom stereocenters. The maximum Gasteiger partial charge on any atom is 0.337 e. The Labute approximate surface area is 223 Å². The van der Waals surface area contributed by atoms with Gasteiger partial charge in [0.2, 0.25) is 0 Å². The standard InChI is InChI=1S/C29H26N2O6S/c1-17-26(29(33)37-16-18-8-10-22(36-2)11-9-18)27(19-5-3-6-21(13-19)31(34)35)28-23(30-17)14-20(15-24(28)32)25-7-4-12-38-25/h3-13,20,27,30H,14-16H2,1-2H3. The third-order valence-corrected chi connectivity index (χ3v) is 7.97. The molecule has 8 nitrogen and oxygen atoms in total. The first-order valence-corrected chi connectivity index (χ1v) is 13.1. The highest BCUT2D eigenvalue weighted by atomic mass is 32.1. The quantitative estimate of drug-likeness (QED) is 0.235. The summed E-state index contributed by atoms with van der Waals surface area (Å²) >= 11 is 1.61. The number of rotatable bonds is 7. The maximum absolute atomic E-state index is 13.6. The molecule has 9 heteroatoms. The van der Waals surface area contributed by atoms with Crippen molar-refractivity contribution in [3.8, 4) is 5.75 Å². The number of Topliss-reactive ketones (excluding diaryl/α,β-unsaturated/α-hetero) is 1. The van der Waals surface area contributed by atoms with Gasteiger partial charge in [0, 0.05) is 52.2 Å². The number of esters is 1. The Morgan fingerprint density at radius 3 is 2.61 bits per heavy atom. The number of allylic oxidation sites excluding steroid dienone is 3. The minimum Gasteiger partial charge on any atom is -0.497 e. The number of dihydropyridines is 1. The normalized spacial score (nSPS) is 19.1. The van der Waals surface area contributed by atoms with Gasteiger partial charge in [0.05, 0.1) is 17.6 Å². The lowest BCUT2D eigenvalue weighted by atomic mass is 9.72.